The third-order valence-corrected chi connectivity index (χ3v) is 6.03. The van der Waals surface area contributed by atoms with Crippen LogP contribution >= 0.6 is 11.3 Å². The van der Waals surface area contributed by atoms with Gasteiger partial charge in [0.15, 0.2) is 0 Å². The lowest BCUT2D eigenvalue weighted by molar-refractivity contribution is -0.117. The van der Waals surface area contributed by atoms with Gasteiger partial charge in [0, 0.05) is 17.9 Å². The van der Waals surface area contributed by atoms with E-state index in [0.29, 0.717) is 11.6 Å². The van der Waals surface area contributed by atoms with Crippen LogP contribution in [0.2, 0.25) is 0 Å². The standard InChI is InChI=1S/C18H24N4OS/c1-18(2,13-8-4-3-5-9-13)16-21-22-17(24-16)20-15(23)11-12-7-6-10-14(12)19/h3-5,8-9,12,14H,6-7,10-11,19H2,1-2H3,(H,20,22,23)/t12-,14+/m0/s1. The van der Waals surface area contributed by atoms with Gasteiger partial charge in [0.1, 0.15) is 5.01 Å². The van der Waals surface area contributed by atoms with E-state index in [-0.39, 0.29) is 23.3 Å². The van der Waals surface area contributed by atoms with Crippen LogP contribution < -0.4 is 11.1 Å². The van der Waals surface area contributed by atoms with E-state index in [1.54, 1.807) is 0 Å². The van der Waals surface area contributed by atoms with Gasteiger partial charge in [-0.15, -0.1) is 10.2 Å². The lowest BCUT2D eigenvalue weighted by Gasteiger charge is -2.21. The van der Waals surface area contributed by atoms with Gasteiger partial charge in [0.25, 0.3) is 0 Å². The van der Waals surface area contributed by atoms with E-state index in [2.05, 4.69) is 41.5 Å². The van der Waals surface area contributed by atoms with Crippen molar-refractivity contribution >= 4 is 22.4 Å². The second-order valence-corrected chi connectivity index (χ2v) is 7.99. The Morgan fingerprint density at radius 3 is 2.71 bits per heavy atom. The number of carbonyl (C=O) groups excluding carboxylic acids is 1. The van der Waals surface area contributed by atoms with Crippen LogP contribution in [0.3, 0.4) is 0 Å². The smallest absolute Gasteiger partial charge is 0.226 e. The molecule has 1 saturated carbocycles. The van der Waals surface area contributed by atoms with E-state index in [9.17, 15) is 4.79 Å². The quantitative estimate of drug-likeness (QED) is 0.872. The molecule has 1 fully saturated rings. The minimum atomic E-state index is -0.240. The molecule has 3 N–H and O–H groups in total. The minimum absolute atomic E-state index is 0.0161. The molecule has 0 aliphatic heterocycles. The number of hydrogen-bond acceptors (Lipinski definition) is 5. The molecular weight excluding hydrogens is 320 g/mol. The lowest BCUT2D eigenvalue weighted by atomic mass is 9.85. The summed E-state index contributed by atoms with van der Waals surface area (Å²) in [5.41, 5.74) is 6.98. The zero-order valence-electron chi connectivity index (χ0n) is 14.2. The fourth-order valence-electron chi connectivity index (χ4n) is 3.23. The van der Waals surface area contributed by atoms with Crippen molar-refractivity contribution in [2.45, 2.75) is 51.0 Å². The number of anilines is 1. The second-order valence-electron chi connectivity index (χ2n) is 7.01. The first kappa shape index (κ1) is 17.0. The average Bonchev–Trinajstić information content (AvgIpc) is 3.18. The number of benzene rings is 1. The Morgan fingerprint density at radius 2 is 2.04 bits per heavy atom. The molecule has 1 heterocycles. The Balaban J connectivity index is 1.66. The lowest BCUT2D eigenvalue weighted by Crippen LogP contribution is -2.28. The van der Waals surface area contributed by atoms with E-state index in [0.717, 1.165) is 24.3 Å². The number of nitrogens with two attached hydrogens (primary N) is 1. The van der Waals surface area contributed by atoms with Crippen molar-refractivity contribution in [2.24, 2.45) is 11.7 Å². The van der Waals surface area contributed by atoms with Gasteiger partial charge in [-0.2, -0.15) is 0 Å². The van der Waals surface area contributed by atoms with Crippen molar-refractivity contribution in [1.29, 1.82) is 0 Å². The molecule has 2 atom stereocenters. The van der Waals surface area contributed by atoms with Crippen LogP contribution in [0, 0.1) is 5.92 Å². The summed E-state index contributed by atoms with van der Waals surface area (Å²) in [5, 5.41) is 12.8. The molecule has 6 heteroatoms. The van der Waals surface area contributed by atoms with E-state index < -0.39 is 0 Å². The summed E-state index contributed by atoms with van der Waals surface area (Å²) in [6.45, 7) is 4.23. The summed E-state index contributed by atoms with van der Waals surface area (Å²) < 4.78 is 0. The number of rotatable bonds is 5. The minimum Gasteiger partial charge on any atom is -0.327 e. The van der Waals surface area contributed by atoms with E-state index in [1.807, 2.05) is 18.2 Å². The number of hydrogen-bond donors (Lipinski definition) is 2. The van der Waals surface area contributed by atoms with E-state index in [1.165, 1.54) is 16.9 Å². The molecule has 0 saturated heterocycles. The largest absolute Gasteiger partial charge is 0.327 e. The zero-order chi connectivity index (χ0) is 17.2. The van der Waals surface area contributed by atoms with Gasteiger partial charge in [-0.1, -0.05) is 48.1 Å². The van der Waals surface area contributed by atoms with Gasteiger partial charge in [0.05, 0.1) is 0 Å². The Labute approximate surface area is 146 Å². The topological polar surface area (TPSA) is 80.9 Å². The molecule has 2 aromatic rings. The van der Waals surface area contributed by atoms with Crippen LogP contribution in [0.4, 0.5) is 5.13 Å². The molecule has 5 nitrogen and oxygen atoms in total. The molecule has 1 aliphatic carbocycles. The highest BCUT2D eigenvalue weighted by molar-refractivity contribution is 7.15. The number of aromatic nitrogens is 2. The predicted molar refractivity (Wildman–Crippen MR) is 97.0 cm³/mol. The normalized spacial score (nSPS) is 21.0. The molecule has 24 heavy (non-hydrogen) atoms. The summed E-state index contributed by atoms with van der Waals surface area (Å²) in [6, 6.07) is 10.4. The van der Waals surface area contributed by atoms with Crippen LogP contribution in [0.15, 0.2) is 30.3 Å². The van der Waals surface area contributed by atoms with Crippen LogP contribution in [-0.2, 0) is 10.2 Å². The molecule has 0 bridgehead atoms. The SMILES string of the molecule is CC(C)(c1ccccc1)c1nnc(NC(=O)C[C@@H]2CCC[C@H]2N)s1. The maximum absolute atomic E-state index is 12.2. The van der Waals surface area contributed by atoms with Crippen LogP contribution in [-0.4, -0.2) is 22.1 Å². The maximum Gasteiger partial charge on any atom is 0.226 e. The Bertz CT molecular complexity index is 698. The second kappa shape index (κ2) is 6.99. The van der Waals surface area contributed by atoms with Gasteiger partial charge in [0.2, 0.25) is 11.0 Å². The molecule has 128 valence electrons. The van der Waals surface area contributed by atoms with Crippen molar-refractivity contribution < 1.29 is 4.79 Å². The summed E-state index contributed by atoms with van der Waals surface area (Å²) in [7, 11) is 0. The van der Waals surface area contributed by atoms with Gasteiger partial charge in [-0.05, 0) is 38.2 Å². The Hall–Kier alpha value is -1.79. The van der Waals surface area contributed by atoms with Crippen LogP contribution in [0.1, 0.15) is 50.1 Å². The zero-order valence-corrected chi connectivity index (χ0v) is 15.0. The monoisotopic (exact) mass is 344 g/mol. The Kier molecular flexibility index (Phi) is 4.96. The third kappa shape index (κ3) is 3.65. The molecular formula is C18H24N4OS. The third-order valence-electron chi connectivity index (χ3n) is 4.87. The molecule has 3 rings (SSSR count). The number of amides is 1. The van der Waals surface area contributed by atoms with Crippen molar-refractivity contribution in [3.05, 3.63) is 40.9 Å². The van der Waals surface area contributed by atoms with Crippen LogP contribution in [0.25, 0.3) is 0 Å². The molecule has 1 aromatic heterocycles. The molecule has 1 amide bonds. The van der Waals surface area contributed by atoms with E-state index >= 15 is 0 Å². The fraction of sp³-hybridized carbons (Fsp3) is 0.500. The summed E-state index contributed by atoms with van der Waals surface area (Å²) in [4.78, 5) is 12.2. The molecule has 1 aromatic carbocycles. The van der Waals surface area contributed by atoms with Gasteiger partial charge < -0.3 is 11.1 Å². The fourth-order valence-corrected chi connectivity index (χ4v) is 4.12. The highest BCUT2D eigenvalue weighted by atomic mass is 32.1. The summed E-state index contributed by atoms with van der Waals surface area (Å²) >= 11 is 1.44. The highest BCUT2D eigenvalue weighted by Gasteiger charge is 2.29. The van der Waals surface area contributed by atoms with E-state index in [4.69, 9.17) is 5.73 Å². The first-order valence-corrected chi connectivity index (χ1v) is 9.23. The highest BCUT2D eigenvalue weighted by Crippen LogP contribution is 2.34. The van der Waals surface area contributed by atoms with Gasteiger partial charge in [-0.25, -0.2) is 0 Å². The molecule has 1 aliphatic rings. The van der Waals surface area contributed by atoms with Gasteiger partial charge >= 0.3 is 0 Å². The summed E-state index contributed by atoms with van der Waals surface area (Å²) in [5.74, 6) is 0.274. The number of carbonyl (C=O) groups is 1. The maximum atomic E-state index is 12.2. The van der Waals surface area contributed by atoms with Crippen molar-refractivity contribution in [3.8, 4) is 0 Å². The predicted octanol–water partition coefficient (Wildman–Crippen LogP) is 3.32. The molecule has 0 radical (unpaired) electrons. The van der Waals surface area contributed by atoms with Gasteiger partial charge in [-0.3, -0.25) is 4.79 Å². The van der Waals surface area contributed by atoms with Crippen LogP contribution in [0.5, 0.6) is 0 Å². The molecule has 0 unspecified atom stereocenters. The van der Waals surface area contributed by atoms with Crippen molar-refractivity contribution in [3.63, 3.8) is 0 Å². The van der Waals surface area contributed by atoms with Crippen molar-refractivity contribution in [1.82, 2.24) is 10.2 Å². The molecule has 0 spiro atoms. The average molecular weight is 344 g/mol. The van der Waals surface area contributed by atoms with Crippen molar-refractivity contribution in [2.75, 3.05) is 5.32 Å². The first-order chi connectivity index (χ1) is 11.5. The number of nitrogens with zero attached hydrogens (tertiary/aromatic N) is 2. The number of nitrogens with one attached hydrogen (secondary N) is 1. The Morgan fingerprint density at radius 1 is 1.29 bits per heavy atom. The summed E-state index contributed by atoms with van der Waals surface area (Å²) in [6.07, 6.45) is 3.65. The first-order valence-electron chi connectivity index (χ1n) is 8.42.